The summed E-state index contributed by atoms with van der Waals surface area (Å²) in [5.74, 6) is 0. The predicted molar refractivity (Wildman–Crippen MR) is 80.6 cm³/mol. The van der Waals surface area contributed by atoms with Gasteiger partial charge in [0.15, 0.2) is 0 Å². The van der Waals surface area contributed by atoms with Crippen LogP contribution in [0.15, 0.2) is 55.0 Å². The Morgan fingerprint density at radius 3 is 2.55 bits per heavy atom. The van der Waals surface area contributed by atoms with Gasteiger partial charge in [0, 0.05) is 6.04 Å². The molecule has 0 radical (unpaired) electrons. The van der Waals surface area contributed by atoms with Crippen molar-refractivity contribution in [3.05, 3.63) is 66.2 Å². The lowest BCUT2D eigenvalue weighted by Gasteiger charge is -2.17. The van der Waals surface area contributed by atoms with Gasteiger partial charge in [-0.15, -0.1) is 0 Å². The summed E-state index contributed by atoms with van der Waals surface area (Å²) in [6.45, 7) is 4.16. The van der Waals surface area contributed by atoms with Gasteiger partial charge in [-0.1, -0.05) is 36.4 Å². The van der Waals surface area contributed by atoms with E-state index in [1.807, 2.05) is 34.9 Å². The Balaban J connectivity index is 2.03. The largest absolute Gasteiger partial charge is 0.382 e. The second-order valence-corrected chi connectivity index (χ2v) is 5.33. The molecular weight excluding hydrogens is 248 g/mol. The van der Waals surface area contributed by atoms with E-state index in [2.05, 4.69) is 31.0 Å². The molecule has 3 heteroatoms. The van der Waals surface area contributed by atoms with E-state index in [1.165, 1.54) is 5.39 Å². The fourth-order valence-corrected chi connectivity index (χ4v) is 2.51. The van der Waals surface area contributed by atoms with Gasteiger partial charge < -0.3 is 9.67 Å². The molecule has 1 aromatic heterocycles. The highest BCUT2D eigenvalue weighted by atomic mass is 16.3. The van der Waals surface area contributed by atoms with Crippen LogP contribution >= 0.6 is 0 Å². The summed E-state index contributed by atoms with van der Waals surface area (Å²) in [5.41, 5.74) is 1.72. The van der Waals surface area contributed by atoms with Crippen LogP contribution in [0.4, 0.5) is 0 Å². The monoisotopic (exact) mass is 266 g/mol. The van der Waals surface area contributed by atoms with Crippen molar-refractivity contribution in [2.45, 2.75) is 26.0 Å². The average molecular weight is 266 g/mol. The minimum Gasteiger partial charge on any atom is -0.382 e. The summed E-state index contributed by atoms with van der Waals surface area (Å²) < 4.78 is 2.00. The van der Waals surface area contributed by atoms with Crippen LogP contribution in [-0.4, -0.2) is 14.7 Å². The summed E-state index contributed by atoms with van der Waals surface area (Å²) in [4.78, 5) is 4.16. The van der Waals surface area contributed by atoms with Crippen LogP contribution in [0, 0.1) is 0 Å². The molecule has 0 saturated heterocycles. The molecule has 0 aliphatic carbocycles. The van der Waals surface area contributed by atoms with Gasteiger partial charge in [0.25, 0.3) is 0 Å². The lowest BCUT2D eigenvalue weighted by atomic mass is 10.0. The van der Waals surface area contributed by atoms with Crippen molar-refractivity contribution < 1.29 is 5.11 Å². The number of fused-ring (bicyclic) bond motifs is 1. The number of hydrogen-bond donors (Lipinski definition) is 1. The Hall–Kier alpha value is -2.13. The van der Waals surface area contributed by atoms with Crippen LogP contribution < -0.4 is 0 Å². The first-order valence-corrected chi connectivity index (χ1v) is 6.85. The van der Waals surface area contributed by atoms with Crippen molar-refractivity contribution in [3.8, 4) is 0 Å². The number of hydrogen-bond acceptors (Lipinski definition) is 2. The Labute approximate surface area is 118 Å². The highest BCUT2D eigenvalue weighted by Gasteiger charge is 2.16. The maximum absolute atomic E-state index is 10.6. The van der Waals surface area contributed by atoms with E-state index in [9.17, 15) is 5.11 Å². The van der Waals surface area contributed by atoms with E-state index in [0.29, 0.717) is 0 Å². The normalized spacial score (nSPS) is 13.0. The molecule has 102 valence electrons. The van der Waals surface area contributed by atoms with Gasteiger partial charge >= 0.3 is 0 Å². The Kier molecular flexibility index (Phi) is 3.28. The second-order valence-electron chi connectivity index (χ2n) is 5.33. The summed E-state index contributed by atoms with van der Waals surface area (Å²) >= 11 is 0. The zero-order valence-electron chi connectivity index (χ0n) is 11.7. The zero-order valence-corrected chi connectivity index (χ0v) is 11.7. The first-order valence-electron chi connectivity index (χ1n) is 6.85. The standard InChI is InChI=1S/C17H18N2O/c1-12(2)19-11-18-10-16(19)17(20)15-8-7-13-5-3-4-6-14(13)9-15/h3-12,17,20H,1-2H3. The first-order chi connectivity index (χ1) is 9.66. The van der Waals surface area contributed by atoms with Crippen molar-refractivity contribution >= 4 is 10.8 Å². The number of rotatable bonds is 3. The lowest BCUT2D eigenvalue weighted by molar-refractivity contribution is 0.208. The van der Waals surface area contributed by atoms with Gasteiger partial charge in [0.2, 0.25) is 0 Å². The molecule has 0 bridgehead atoms. The van der Waals surface area contributed by atoms with Crippen LogP contribution in [0.25, 0.3) is 10.8 Å². The van der Waals surface area contributed by atoms with Crippen LogP contribution in [0.2, 0.25) is 0 Å². The number of aliphatic hydroxyl groups is 1. The van der Waals surface area contributed by atoms with Gasteiger partial charge in [-0.3, -0.25) is 0 Å². The van der Waals surface area contributed by atoms with Crippen molar-refractivity contribution in [3.63, 3.8) is 0 Å². The molecule has 1 heterocycles. The number of nitrogens with zero attached hydrogens (tertiary/aromatic N) is 2. The minimum absolute atomic E-state index is 0.280. The Bertz CT molecular complexity index is 730. The molecule has 0 spiro atoms. The Morgan fingerprint density at radius 1 is 1.05 bits per heavy atom. The molecule has 0 saturated carbocycles. The van der Waals surface area contributed by atoms with Gasteiger partial charge in [-0.25, -0.2) is 4.98 Å². The van der Waals surface area contributed by atoms with Gasteiger partial charge in [0.05, 0.1) is 18.2 Å². The molecule has 0 amide bonds. The smallest absolute Gasteiger partial charge is 0.121 e. The van der Waals surface area contributed by atoms with E-state index in [-0.39, 0.29) is 6.04 Å². The highest BCUT2D eigenvalue weighted by Crippen LogP contribution is 2.26. The molecule has 1 atom stereocenters. The quantitative estimate of drug-likeness (QED) is 0.785. The van der Waals surface area contributed by atoms with Crippen molar-refractivity contribution in [1.82, 2.24) is 9.55 Å². The fraction of sp³-hybridized carbons (Fsp3) is 0.235. The second kappa shape index (κ2) is 5.10. The SMILES string of the molecule is CC(C)n1cncc1C(O)c1ccc2ccccc2c1. The molecule has 20 heavy (non-hydrogen) atoms. The molecule has 0 fully saturated rings. The highest BCUT2D eigenvalue weighted by molar-refractivity contribution is 5.83. The van der Waals surface area contributed by atoms with Gasteiger partial charge in [-0.2, -0.15) is 0 Å². The predicted octanol–water partition coefficient (Wildman–Crippen LogP) is 3.70. The van der Waals surface area contributed by atoms with E-state index < -0.39 is 6.10 Å². The Morgan fingerprint density at radius 2 is 1.80 bits per heavy atom. The van der Waals surface area contributed by atoms with Crippen molar-refractivity contribution in [2.24, 2.45) is 0 Å². The summed E-state index contributed by atoms with van der Waals surface area (Å²) in [5, 5.41) is 12.9. The van der Waals surface area contributed by atoms with Crippen LogP contribution in [0.1, 0.15) is 37.3 Å². The number of benzene rings is 2. The summed E-state index contributed by atoms with van der Waals surface area (Å²) in [7, 11) is 0. The molecule has 0 aliphatic heterocycles. The molecular formula is C17H18N2O. The summed E-state index contributed by atoms with van der Waals surface area (Å²) in [6, 6.07) is 14.5. The van der Waals surface area contributed by atoms with Crippen LogP contribution in [-0.2, 0) is 0 Å². The lowest BCUT2D eigenvalue weighted by Crippen LogP contribution is -2.09. The zero-order chi connectivity index (χ0) is 14.1. The third-order valence-electron chi connectivity index (χ3n) is 3.62. The first kappa shape index (κ1) is 12.9. The van der Waals surface area contributed by atoms with Crippen LogP contribution in [0.3, 0.4) is 0 Å². The topological polar surface area (TPSA) is 38.0 Å². The van der Waals surface area contributed by atoms with Crippen molar-refractivity contribution in [1.29, 1.82) is 0 Å². The van der Waals surface area contributed by atoms with Crippen molar-refractivity contribution in [2.75, 3.05) is 0 Å². The molecule has 1 N–H and O–H groups in total. The number of aromatic nitrogens is 2. The van der Waals surface area contributed by atoms with Gasteiger partial charge in [0.1, 0.15) is 6.10 Å². The average Bonchev–Trinajstić information content (AvgIpc) is 2.95. The third-order valence-corrected chi connectivity index (χ3v) is 3.62. The molecule has 3 nitrogen and oxygen atoms in total. The summed E-state index contributed by atoms with van der Waals surface area (Å²) in [6.07, 6.45) is 2.86. The fourth-order valence-electron chi connectivity index (χ4n) is 2.51. The maximum atomic E-state index is 10.6. The number of aliphatic hydroxyl groups excluding tert-OH is 1. The van der Waals surface area contributed by atoms with Gasteiger partial charge in [-0.05, 0) is 36.2 Å². The molecule has 1 unspecified atom stereocenters. The van der Waals surface area contributed by atoms with E-state index in [4.69, 9.17) is 0 Å². The minimum atomic E-state index is -0.649. The molecule has 0 aliphatic rings. The molecule has 3 aromatic rings. The van der Waals surface area contributed by atoms with E-state index >= 15 is 0 Å². The maximum Gasteiger partial charge on any atom is 0.121 e. The molecule has 3 rings (SSSR count). The third kappa shape index (κ3) is 2.21. The number of imidazole rings is 1. The van der Waals surface area contributed by atoms with E-state index in [1.54, 1.807) is 12.5 Å². The molecule has 2 aromatic carbocycles. The van der Waals surface area contributed by atoms with E-state index in [0.717, 1.165) is 16.6 Å². The van der Waals surface area contributed by atoms with Crippen LogP contribution in [0.5, 0.6) is 0 Å².